The van der Waals surface area contributed by atoms with Crippen molar-refractivity contribution in [3.05, 3.63) is 71.7 Å². The van der Waals surface area contributed by atoms with Gasteiger partial charge in [-0.05, 0) is 51.0 Å². The number of halogens is 2. The fourth-order valence-corrected chi connectivity index (χ4v) is 5.77. The molecule has 1 saturated heterocycles. The van der Waals surface area contributed by atoms with Crippen molar-refractivity contribution in [1.82, 2.24) is 29.4 Å². The highest BCUT2D eigenvalue weighted by atomic mass is 35.5. The lowest BCUT2D eigenvalue weighted by Crippen LogP contribution is -2.44. The lowest BCUT2D eigenvalue weighted by Gasteiger charge is -2.40. The van der Waals surface area contributed by atoms with Crippen LogP contribution in [-0.2, 0) is 5.54 Å². The van der Waals surface area contributed by atoms with Crippen molar-refractivity contribution < 1.29 is 9.13 Å². The van der Waals surface area contributed by atoms with Gasteiger partial charge in [-0.3, -0.25) is 9.88 Å². The Kier molecular flexibility index (Phi) is 6.37. The fraction of sp³-hybridized carbons (Fsp3) is 0.276. The maximum absolute atomic E-state index is 15.5. The van der Waals surface area contributed by atoms with Gasteiger partial charge in [-0.15, -0.1) is 0 Å². The Morgan fingerprint density at radius 2 is 1.85 bits per heavy atom. The number of aromatic nitrogens is 5. The van der Waals surface area contributed by atoms with Crippen LogP contribution in [0.5, 0.6) is 11.8 Å². The van der Waals surface area contributed by atoms with E-state index in [0.717, 1.165) is 48.2 Å². The van der Waals surface area contributed by atoms with Crippen molar-refractivity contribution in [1.29, 1.82) is 5.26 Å². The number of fused-ring (bicyclic) bond motifs is 3. The van der Waals surface area contributed by atoms with E-state index in [1.807, 2.05) is 13.0 Å². The quantitative estimate of drug-likeness (QED) is 0.242. The van der Waals surface area contributed by atoms with Crippen molar-refractivity contribution >= 4 is 33.5 Å². The maximum Gasteiger partial charge on any atom is 0.321 e. The summed E-state index contributed by atoms with van der Waals surface area (Å²) in [5.41, 5.74) is 2.93. The lowest BCUT2D eigenvalue weighted by atomic mass is 9.88. The summed E-state index contributed by atoms with van der Waals surface area (Å²) in [6, 6.07) is 12.5. The Bertz CT molecular complexity index is 1740. The molecule has 1 aliphatic heterocycles. The molecule has 0 atom stereocenters. The molecule has 3 aromatic heterocycles. The Balaban J connectivity index is 1.45. The number of nitrogens with zero attached hydrogens (tertiary/aromatic N) is 7. The zero-order chi connectivity index (χ0) is 27.1. The molecule has 0 aliphatic carbocycles. The standard InChI is InChI=1S/C29H25ClFN7O/c1-18-36-26-17-35-25-16-24(31)21(20-5-4-19(14-23(20)30)39-28-33-9-3-10-34-28)15-22(25)27(26)38(18)29(2)6-11-37(12-7-29)13-8-32/h3-5,9-10,14-17H,6-7,11-13H2,1-2H3. The first-order valence-corrected chi connectivity index (χ1v) is 13.1. The monoisotopic (exact) mass is 541 g/mol. The van der Waals surface area contributed by atoms with Crippen LogP contribution >= 0.6 is 11.6 Å². The lowest BCUT2D eigenvalue weighted by molar-refractivity contribution is 0.136. The molecule has 8 nitrogen and oxygen atoms in total. The summed E-state index contributed by atoms with van der Waals surface area (Å²) in [6.07, 6.45) is 6.62. The highest BCUT2D eigenvalue weighted by Gasteiger charge is 2.34. The van der Waals surface area contributed by atoms with E-state index in [-0.39, 0.29) is 11.5 Å². The molecule has 0 unspecified atom stereocenters. The van der Waals surface area contributed by atoms with E-state index < -0.39 is 5.82 Å². The molecule has 0 saturated carbocycles. The van der Waals surface area contributed by atoms with Crippen LogP contribution in [0.1, 0.15) is 25.6 Å². The Morgan fingerprint density at radius 1 is 1.08 bits per heavy atom. The number of hydrogen-bond acceptors (Lipinski definition) is 7. The number of imidazole rings is 1. The second-order valence-corrected chi connectivity index (χ2v) is 10.4. The average molecular weight is 542 g/mol. The molecule has 196 valence electrons. The molecule has 4 heterocycles. The number of hydrogen-bond donors (Lipinski definition) is 0. The van der Waals surface area contributed by atoms with Crippen molar-refractivity contribution in [3.8, 4) is 29.0 Å². The molecule has 0 radical (unpaired) electrons. The highest BCUT2D eigenvalue weighted by Crippen LogP contribution is 2.40. The van der Waals surface area contributed by atoms with E-state index in [0.29, 0.717) is 34.0 Å². The maximum atomic E-state index is 15.5. The molecule has 1 fully saturated rings. The number of likely N-dealkylation sites (tertiary alicyclic amines) is 1. The van der Waals surface area contributed by atoms with Crippen LogP contribution in [0, 0.1) is 24.1 Å². The van der Waals surface area contributed by atoms with Gasteiger partial charge in [0.2, 0.25) is 0 Å². The fourth-order valence-electron chi connectivity index (χ4n) is 5.50. The summed E-state index contributed by atoms with van der Waals surface area (Å²) in [5.74, 6) is 0.906. The van der Waals surface area contributed by atoms with Crippen LogP contribution in [0.2, 0.25) is 5.02 Å². The molecule has 2 aromatic carbocycles. The van der Waals surface area contributed by atoms with Gasteiger partial charge in [0.05, 0.1) is 34.9 Å². The third-order valence-corrected chi connectivity index (χ3v) is 7.80. The number of ether oxygens (including phenoxy) is 1. The Labute approximate surface area is 229 Å². The van der Waals surface area contributed by atoms with Gasteiger partial charge in [0.1, 0.15) is 22.9 Å². The summed E-state index contributed by atoms with van der Waals surface area (Å²) in [7, 11) is 0. The summed E-state index contributed by atoms with van der Waals surface area (Å²) >= 11 is 6.64. The topological polar surface area (TPSA) is 92.8 Å². The first kappa shape index (κ1) is 25.2. The Hall–Kier alpha value is -4.13. The van der Waals surface area contributed by atoms with Crippen LogP contribution < -0.4 is 4.74 Å². The van der Waals surface area contributed by atoms with E-state index >= 15 is 4.39 Å². The Morgan fingerprint density at radius 3 is 2.56 bits per heavy atom. The molecule has 1 aliphatic rings. The SMILES string of the molecule is Cc1nc2cnc3cc(F)c(-c4ccc(Oc5ncccn5)cc4Cl)cc3c2n1C1(C)CCN(CC#N)CC1. The first-order chi connectivity index (χ1) is 18.9. The average Bonchev–Trinajstić information content (AvgIpc) is 3.28. The van der Waals surface area contributed by atoms with Crippen molar-refractivity contribution in [2.75, 3.05) is 19.6 Å². The van der Waals surface area contributed by atoms with Gasteiger partial charge in [-0.25, -0.2) is 19.3 Å². The van der Waals surface area contributed by atoms with Gasteiger partial charge < -0.3 is 9.30 Å². The molecule has 5 aromatic rings. The number of rotatable bonds is 5. The number of benzene rings is 2. The molecule has 0 bridgehead atoms. The number of pyridine rings is 1. The minimum Gasteiger partial charge on any atom is -0.424 e. The minimum absolute atomic E-state index is 0.197. The van der Waals surface area contributed by atoms with Crippen molar-refractivity contribution in [3.63, 3.8) is 0 Å². The van der Waals surface area contributed by atoms with Gasteiger partial charge in [0.15, 0.2) is 0 Å². The van der Waals surface area contributed by atoms with E-state index in [2.05, 4.69) is 37.4 Å². The largest absolute Gasteiger partial charge is 0.424 e. The molecular formula is C29H25ClFN7O. The molecule has 0 N–H and O–H groups in total. The third kappa shape index (κ3) is 4.56. The predicted octanol–water partition coefficient (Wildman–Crippen LogP) is 6.27. The molecular weight excluding hydrogens is 517 g/mol. The molecule has 6 rings (SSSR count). The van der Waals surface area contributed by atoms with Gasteiger partial charge in [-0.1, -0.05) is 11.6 Å². The molecule has 10 heteroatoms. The van der Waals surface area contributed by atoms with E-state index in [4.69, 9.17) is 26.6 Å². The summed E-state index contributed by atoms with van der Waals surface area (Å²) in [5, 5.41) is 10.3. The summed E-state index contributed by atoms with van der Waals surface area (Å²) in [4.78, 5) is 19.6. The molecule has 39 heavy (non-hydrogen) atoms. The van der Waals surface area contributed by atoms with Crippen LogP contribution in [-0.4, -0.2) is 49.0 Å². The van der Waals surface area contributed by atoms with E-state index in [9.17, 15) is 0 Å². The van der Waals surface area contributed by atoms with Crippen LogP contribution in [0.4, 0.5) is 4.39 Å². The molecule has 0 amide bonds. The second-order valence-electron chi connectivity index (χ2n) is 10.0. The highest BCUT2D eigenvalue weighted by molar-refractivity contribution is 6.33. The summed E-state index contributed by atoms with van der Waals surface area (Å²) < 4.78 is 23.4. The van der Waals surface area contributed by atoms with Crippen LogP contribution in [0.3, 0.4) is 0 Å². The van der Waals surface area contributed by atoms with Crippen LogP contribution in [0.15, 0.2) is 55.0 Å². The van der Waals surface area contributed by atoms with Gasteiger partial charge in [-0.2, -0.15) is 5.26 Å². The molecule has 0 spiro atoms. The van der Waals surface area contributed by atoms with Gasteiger partial charge >= 0.3 is 6.01 Å². The first-order valence-electron chi connectivity index (χ1n) is 12.7. The zero-order valence-corrected chi connectivity index (χ0v) is 22.3. The second kappa shape index (κ2) is 9.88. The predicted molar refractivity (Wildman–Crippen MR) is 147 cm³/mol. The summed E-state index contributed by atoms with van der Waals surface area (Å²) in [6.45, 7) is 6.30. The number of aryl methyl sites for hydroxylation is 1. The minimum atomic E-state index is -0.421. The van der Waals surface area contributed by atoms with E-state index in [1.165, 1.54) is 6.07 Å². The van der Waals surface area contributed by atoms with Crippen LogP contribution in [0.25, 0.3) is 33.1 Å². The van der Waals surface area contributed by atoms with Crippen molar-refractivity contribution in [2.45, 2.75) is 32.2 Å². The van der Waals surface area contributed by atoms with E-state index in [1.54, 1.807) is 42.9 Å². The normalized spacial score (nSPS) is 15.5. The smallest absolute Gasteiger partial charge is 0.321 e. The van der Waals surface area contributed by atoms with Gasteiger partial charge in [0, 0.05) is 59.7 Å². The third-order valence-electron chi connectivity index (χ3n) is 7.49. The van der Waals surface area contributed by atoms with Gasteiger partial charge in [0.25, 0.3) is 0 Å². The zero-order valence-electron chi connectivity index (χ0n) is 21.5. The number of piperidine rings is 1. The number of nitriles is 1. The van der Waals surface area contributed by atoms with Crippen molar-refractivity contribution in [2.24, 2.45) is 0 Å².